The summed E-state index contributed by atoms with van der Waals surface area (Å²) in [5, 5.41) is 15.0. The van der Waals surface area contributed by atoms with Gasteiger partial charge in [0.15, 0.2) is 0 Å². The monoisotopic (exact) mass is 357 g/mol. The van der Waals surface area contributed by atoms with Crippen LogP contribution in [0.15, 0.2) is 32.8 Å². The van der Waals surface area contributed by atoms with Gasteiger partial charge in [0.05, 0.1) is 15.9 Å². The number of rotatable bonds is 4. The van der Waals surface area contributed by atoms with Crippen molar-refractivity contribution in [2.45, 2.75) is 6.54 Å². The Kier molecular flexibility index (Phi) is 4.30. The number of H-pyrrole nitrogens is 1. The second kappa shape index (κ2) is 5.97. The van der Waals surface area contributed by atoms with Gasteiger partial charge >= 0.3 is 4.87 Å². The first-order valence-electron chi connectivity index (χ1n) is 5.36. The van der Waals surface area contributed by atoms with Crippen LogP contribution in [0, 0.1) is 10.1 Å². The molecule has 1 aromatic carbocycles. The molecule has 1 amide bonds. The number of hydrogen-bond donors (Lipinski definition) is 2. The predicted octanol–water partition coefficient (Wildman–Crippen LogP) is 2.04. The van der Waals surface area contributed by atoms with Crippen molar-refractivity contribution < 1.29 is 9.72 Å². The van der Waals surface area contributed by atoms with Crippen molar-refractivity contribution in [2.75, 3.05) is 0 Å². The van der Waals surface area contributed by atoms with E-state index < -0.39 is 10.8 Å². The van der Waals surface area contributed by atoms with E-state index in [1.165, 1.54) is 18.2 Å². The van der Waals surface area contributed by atoms with Crippen LogP contribution in [0.4, 0.5) is 5.69 Å². The fourth-order valence-corrected chi connectivity index (χ4v) is 2.44. The van der Waals surface area contributed by atoms with Gasteiger partial charge in [-0.25, -0.2) is 0 Å². The number of hydrogen-bond acceptors (Lipinski definition) is 5. The summed E-state index contributed by atoms with van der Waals surface area (Å²) in [5.74, 6) is -0.451. The molecular weight excluding hydrogens is 350 g/mol. The van der Waals surface area contributed by atoms with Gasteiger partial charge in [0.25, 0.3) is 11.6 Å². The third kappa shape index (κ3) is 3.31. The number of nitrogens with one attached hydrogen (secondary N) is 2. The van der Waals surface area contributed by atoms with Gasteiger partial charge in [-0.3, -0.25) is 19.7 Å². The van der Waals surface area contributed by atoms with Gasteiger partial charge in [-0.15, -0.1) is 0 Å². The lowest BCUT2D eigenvalue weighted by molar-refractivity contribution is -0.385. The van der Waals surface area contributed by atoms with Gasteiger partial charge in [0, 0.05) is 22.7 Å². The Balaban J connectivity index is 2.11. The van der Waals surface area contributed by atoms with Gasteiger partial charge < -0.3 is 10.3 Å². The van der Waals surface area contributed by atoms with E-state index in [0.29, 0.717) is 10.2 Å². The van der Waals surface area contributed by atoms with E-state index in [1.807, 2.05) is 0 Å². The van der Waals surface area contributed by atoms with E-state index in [4.69, 9.17) is 0 Å². The van der Waals surface area contributed by atoms with Crippen LogP contribution < -0.4 is 10.2 Å². The van der Waals surface area contributed by atoms with Crippen molar-refractivity contribution in [3.8, 4) is 0 Å². The third-order valence-electron chi connectivity index (χ3n) is 2.42. The average molecular weight is 358 g/mol. The molecule has 0 bridgehead atoms. The summed E-state index contributed by atoms with van der Waals surface area (Å²) in [5.41, 5.74) is 0.582. The van der Waals surface area contributed by atoms with Crippen LogP contribution in [0.25, 0.3) is 0 Å². The number of aromatic amines is 1. The van der Waals surface area contributed by atoms with Crippen LogP contribution in [0.2, 0.25) is 0 Å². The maximum Gasteiger partial charge on any atom is 0.304 e. The van der Waals surface area contributed by atoms with Gasteiger partial charge in [-0.1, -0.05) is 11.3 Å². The molecule has 2 rings (SSSR count). The van der Waals surface area contributed by atoms with Crippen LogP contribution in [-0.2, 0) is 6.54 Å². The summed E-state index contributed by atoms with van der Waals surface area (Å²) in [6.45, 7) is 0.154. The summed E-state index contributed by atoms with van der Waals surface area (Å²) in [7, 11) is 0. The summed E-state index contributed by atoms with van der Waals surface area (Å²) >= 11 is 4.05. The van der Waals surface area contributed by atoms with Crippen molar-refractivity contribution in [1.82, 2.24) is 10.3 Å². The van der Waals surface area contributed by atoms with E-state index in [1.54, 1.807) is 5.38 Å². The average Bonchev–Trinajstić information content (AvgIpc) is 2.82. The van der Waals surface area contributed by atoms with Gasteiger partial charge in [0.2, 0.25) is 0 Å². The number of halogens is 1. The second-order valence-electron chi connectivity index (χ2n) is 3.78. The Morgan fingerprint density at radius 1 is 1.50 bits per heavy atom. The molecule has 7 nitrogen and oxygen atoms in total. The Labute approximate surface area is 124 Å². The number of aromatic nitrogens is 1. The summed E-state index contributed by atoms with van der Waals surface area (Å²) in [4.78, 5) is 35.4. The normalized spacial score (nSPS) is 10.2. The van der Waals surface area contributed by atoms with Crippen molar-refractivity contribution >= 4 is 38.9 Å². The van der Waals surface area contributed by atoms with Crippen molar-refractivity contribution in [3.63, 3.8) is 0 Å². The zero-order chi connectivity index (χ0) is 14.7. The van der Waals surface area contributed by atoms with Crippen LogP contribution in [0.5, 0.6) is 0 Å². The van der Waals surface area contributed by atoms with Crippen LogP contribution in [0.3, 0.4) is 0 Å². The minimum Gasteiger partial charge on any atom is -0.346 e. The number of benzene rings is 1. The van der Waals surface area contributed by atoms with Crippen molar-refractivity contribution in [1.29, 1.82) is 0 Å². The van der Waals surface area contributed by atoms with Gasteiger partial charge in [-0.2, -0.15) is 0 Å². The SMILES string of the molecule is O=C(NCc1csc(=O)[nH]1)c1ccc(Br)c([N+](=O)[O-])c1. The predicted molar refractivity (Wildman–Crippen MR) is 76.9 cm³/mol. The molecule has 0 atom stereocenters. The largest absolute Gasteiger partial charge is 0.346 e. The molecule has 0 aliphatic heterocycles. The molecular formula is C11H8BrN3O4S. The first kappa shape index (κ1) is 14.4. The van der Waals surface area contributed by atoms with E-state index in [9.17, 15) is 19.7 Å². The second-order valence-corrected chi connectivity index (χ2v) is 5.48. The van der Waals surface area contributed by atoms with E-state index >= 15 is 0 Å². The summed E-state index contributed by atoms with van der Waals surface area (Å²) in [6.07, 6.45) is 0. The number of thiazole rings is 1. The highest BCUT2D eigenvalue weighted by Gasteiger charge is 2.15. The van der Waals surface area contributed by atoms with E-state index in [-0.39, 0.29) is 22.7 Å². The number of carbonyl (C=O) groups excluding carboxylic acids is 1. The first-order chi connectivity index (χ1) is 9.47. The van der Waals surface area contributed by atoms with Crippen LogP contribution in [-0.4, -0.2) is 15.8 Å². The van der Waals surface area contributed by atoms with Crippen LogP contribution >= 0.6 is 27.3 Å². The number of nitrogens with zero attached hydrogens (tertiary/aromatic N) is 1. The fraction of sp³-hybridized carbons (Fsp3) is 0.0909. The molecule has 0 saturated carbocycles. The molecule has 0 radical (unpaired) electrons. The molecule has 1 aromatic heterocycles. The molecule has 0 aliphatic rings. The molecule has 2 N–H and O–H groups in total. The molecule has 9 heteroatoms. The van der Waals surface area contributed by atoms with E-state index in [0.717, 1.165) is 11.3 Å². The number of carbonyl (C=O) groups is 1. The Hall–Kier alpha value is -2.00. The smallest absolute Gasteiger partial charge is 0.304 e. The Morgan fingerprint density at radius 3 is 2.85 bits per heavy atom. The lowest BCUT2D eigenvalue weighted by atomic mass is 10.2. The molecule has 0 unspecified atom stereocenters. The highest BCUT2D eigenvalue weighted by atomic mass is 79.9. The molecule has 0 saturated heterocycles. The maximum absolute atomic E-state index is 11.9. The minimum atomic E-state index is -0.572. The lowest BCUT2D eigenvalue weighted by Gasteiger charge is -2.04. The highest BCUT2D eigenvalue weighted by molar-refractivity contribution is 9.10. The molecule has 0 aliphatic carbocycles. The first-order valence-corrected chi connectivity index (χ1v) is 7.03. The van der Waals surface area contributed by atoms with Gasteiger partial charge in [-0.05, 0) is 28.1 Å². The molecule has 0 fully saturated rings. The zero-order valence-electron chi connectivity index (χ0n) is 9.88. The van der Waals surface area contributed by atoms with Crippen molar-refractivity contribution in [3.05, 3.63) is 59.1 Å². The highest BCUT2D eigenvalue weighted by Crippen LogP contribution is 2.25. The zero-order valence-corrected chi connectivity index (χ0v) is 12.3. The third-order valence-corrected chi connectivity index (χ3v) is 3.80. The lowest BCUT2D eigenvalue weighted by Crippen LogP contribution is -2.23. The van der Waals surface area contributed by atoms with Crippen molar-refractivity contribution in [2.24, 2.45) is 0 Å². The Morgan fingerprint density at radius 2 is 2.25 bits per heavy atom. The summed E-state index contributed by atoms with van der Waals surface area (Å²) < 4.78 is 0.307. The summed E-state index contributed by atoms with van der Waals surface area (Å²) in [6, 6.07) is 4.11. The molecule has 1 heterocycles. The number of nitro groups is 1. The van der Waals surface area contributed by atoms with Gasteiger partial charge in [0.1, 0.15) is 0 Å². The Bertz CT molecular complexity index is 724. The molecule has 2 aromatic rings. The molecule has 0 spiro atoms. The number of amides is 1. The molecule has 20 heavy (non-hydrogen) atoms. The molecule has 104 valence electrons. The fourth-order valence-electron chi connectivity index (χ4n) is 1.47. The maximum atomic E-state index is 11.9. The van der Waals surface area contributed by atoms with E-state index in [2.05, 4.69) is 26.2 Å². The quantitative estimate of drug-likeness (QED) is 0.644. The van der Waals surface area contributed by atoms with Crippen LogP contribution in [0.1, 0.15) is 16.1 Å². The topological polar surface area (TPSA) is 105 Å². The standard InChI is InChI=1S/C11H8BrN3O4S/c12-8-2-1-6(3-9(8)15(18)19)10(16)13-4-7-5-20-11(17)14-7/h1-3,5H,4H2,(H,13,16)(H,14,17). The number of nitro benzene ring substituents is 1. The minimum absolute atomic E-state index is 0.154.